The normalized spacial score (nSPS) is 20.4. The minimum absolute atomic E-state index is 0.0381. The third kappa shape index (κ3) is 3.19. The van der Waals surface area contributed by atoms with Crippen LogP contribution in [0.5, 0.6) is 0 Å². The average molecular weight is 276 g/mol. The van der Waals surface area contributed by atoms with Gasteiger partial charge in [0.25, 0.3) is 0 Å². The predicted octanol–water partition coefficient (Wildman–Crippen LogP) is 2.10. The zero-order chi connectivity index (χ0) is 14.5. The summed E-state index contributed by atoms with van der Waals surface area (Å²) in [6.07, 6.45) is 0.991. The van der Waals surface area contributed by atoms with Crippen molar-refractivity contribution in [1.82, 2.24) is 10.2 Å². The summed E-state index contributed by atoms with van der Waals surface area (Å²) < 4.78 is 5.46. The van der Waals surface area contributed by atoms with Gasteiger partial charge in [-0.05, 0) is 31.4 Å². The van der Waals surface area contributed by atoms with Crippen LogP contribution in [-0.4, -0.2) is 36.6 Å². The molecule has 0 aliphatic carbocycles. The van der Waals surface area contributed by atoms with Crippen LogP contribution in [0.25, 0.3) is 0 Å². The molecule has 1 N–H and O–H groups in total. The second kappa shape index (κ2) is 6.86. The summed E-state index contributed by atoms with van der Waals surface area (Å²) in [5, 5.41) is 3.29. The maximum absolute atomic E-state index is 12.1. The SMILES string of the molecule is CCOCC(C)N1C(=O)CNC1c1ccc(CC)cc1. The van der Waals surface area contributed by atoms with Crippen LogP contribution in [0.4, 0.5) is 0 Å². The first-order valence-electron chi connectivity index (χ1n) is 7.38. The molecule has 1 aromatic carbocycles. The van der Waals surface area contributed by atoms with Crippen LogP contribution in [0, 0.1) is 0 Å². The topological polar surface area (TPSA) is 41.6 Å². The molecule has 1 aliphatic heterocycles. The number of nitrogens with one attached hydrogen (secondary N) is 1. The molecule has 0 aromatic heterocycles. The molecule has 0 saturated carbocycles. The van der Waals surface area contributed by atoms with Crippen molar-refractivity contribution in [2.24, 2.45) is 0 Å². The van der Waals surface area contributed by atoms with E-state index in [2.05, 4.69) is 36.5 Å². The molecule has 2 atom stereocenters. The van der Waals surface area contributed by atoms with Gasteiger partial charge in [-0.2, -0.15) is 0 Å². The molecule has 2 rings (SSSR count). The number of aryl methyl sites for hydroxylation is 1. The van der Waals surface area contributed by atoms with E-state index >= 15 is 0 Å². The highest BCUT2D eigenvalue weighted by atomic mass is 16.5. The third-order valence-electron chi connectivity index (χ3n) is 3.75. The van der Waals surface area contributed by atoms with Crippen molar-refractivity contribution in [2.45, 2.75) is 39.4 Å². The standard InChI is InChI=1S/C16H24N2O2/c1-4-13-6-8-14(9-7-13)16-17-10-15(19)18(16)12(3)11-20-5-2/h6-9,12,16-17H,4-5,10-11H2,1-3H3. The Bertz CT molecular complexity index is 444. The molecular weight excluding hydrogens is 252 g/mol. The highest BCUT2D eigenvalue weighted by molar-refractivity contribution is 5.81. The largest absolute Gasteiger partial charge is 0.380 e. The molecule has 2 unspecified atom stereocenters. The lowest BCUT2D eigenvalue weighted by Crippen LogP contribution is -2.40. The van der Waals surface area contributed by atoms with Crippen LogP contribution in [0.2, 0.25) is 0 Å². The van der Waals surface area contributed by atoms with Gasteiger partial charge >= 0.3 is 0 Å². The highest BCUT2D eigenvalue weighted by Crippen LogP contribution is 2.25. The third-order valence-corrected chi connectivity index (χ3v) is 3.75. The van der Waals surface area contributed by atoms with E-state index in [4.69, 9.17) is 4.74 Å². The first-order valence-corrected chi connectivity index (χ1v) is 7.38. The number of carbonyl (C=O) groups excluding carboxylic acids is 1. The van der Waals surface area contributed by atoms with Crippen molar-refractivity contribution in [3.8, 4) is 0 Å². The number of hydrogen-bond acceptors (Lipinski definition) is 3. The summed E-state index contributed by atoms with van der Waals surface area (Å²) in [6.45, 7) is 7.80. The minimum atomic E-state index is -0.0381. The van der Waals surface area contributed by atoms with Crippen molar-refractivity contribution >= 4 is 5.91 Å². The average Bonchev–Trinajstić information content (AvgIpc) is 2.86. The number of ether oxygens (including phenoxy) is 1. The van der Waals surface area contributed by atoms with Gasteiger partial charge in [-0.1, -0.05) is 31.2 Å². The van der Waals surface area contributed by atoms with E-state index in [1.165, 1.54) is 5.56 Å². The number of carbonyl (C=O) groups is 1. The summed E-state index contributed by atoms with van der Waals surface area (Å²) >= 11 is 0. The lowest BCUT2D eigenvalue weighted by Gasteiger charge is -2.30. The molecule has 1 aliphatic rings. The van der Waals surface area contributed by atoms with Crippen LogP contribution < -0.4 is 5.32 Å². The molecule has 1 fully saturated rings. The first kappa shape index (κ1) is 15.0. The Morgan fingerprint density at radius 1 is 1.35 bits per heavy atom. The summed E-state index contributed by atoms with van der Waals surface area (Å²) in [5.41, 5.74) is 2.45. The summed E-state index contributed by atoms with van der Waals surface area (Å²) in [4.78, 5) is 14.0. The van der Waals surface area contributed by atoms with E-state index in [0.717, 1.165) is 12.0 Å². The van der Waals surface area contributed by atoms with Gasteiger partial charge < -0.3 is 9.64 Å². The van der Waals surface area contributed by atoms with Gasteiger partial charge in [-0.25, -0.2) is 0 Å². The van der Waals surface area contributed by atoms with Crippen molar-refractivity contribution in [1.29, 1.82) is 0 Å². The zero-order valence-corrected chi connectivity index (χ0v) is 12.6. The Balaban J connectivity index is 2.13. The monoisotopic (exact) mass is 276 g/mol. The maximum atomic E-state index is 12.1. The Morgan fingerprint density at radius 3 is 2.65 bits per heavy atom. The Hall–Kier alpha value is -1.39. The molecular formula is C16H24N2O2. The van der Waals surface area contributed by atoms with Crippen molar-refractivity contribution in [2.75, 3.05) is 19.8 Å². The molecule has 4 heteroatoms. The fraction of sp³-hybridized carbons (Fsp3) is 0.562. The second-order valence-electron chi connectivity index (χ2n) is 5.19. The quantitative estimate of drug-likeness (QED) is 0.865. The lowest BCUT2D eigenvalue weighted by atomic mass is 10.1. The van der Waals surface area contributed by atoms with E-state index in [9.17, 15) is 4.79 Å². The Kier molecular flexibility index (Phi) is 5.15. The molecule has 0 spiro atoms. The molecule has 4 nitrogen and oxygen atoms in total. The first-order chi connectivity index (χ1) is 9.67. The molecule has 1 aromatic rings. The number of rotatable bonds is 6. The van der Waals surface area contributed by atoms with E-state index in [1.54, 1.807) is 0 Å². The van der Waals surface area contributed by atoms with Crippen molar-refractivity contribution in [3.05, 3.63) is 35.4 Å². The van der Waals surface area contributed by atoms with Gasteiger partial charge in [0.05, 0.1) is 19.2 Å². The fourth-order valence-electron chi connectivity index (χ4n) is 2.60. The predicted molar refractivity (Wildman–Crippen MR) is 79.4 cm³/mol. The van der Waals surface area contributed by atoms with Gasteiger partial charge in [0.15, 0.2) is 0 Å². The molecule has 1 saturated heterocycles. The Labute approximate surface area is 121 Å². The molecule has 1 heterocycles. The summed E-state index contributed by atoms with van der Waals surface area (Å²) in [7, 11) is 0. The number of amides is 1. The van der Waals surface area contributed by atoms with Crippen LogP contribution in [0.3, 0.4) is 0 Å². The number of nitrogens with zero attached hydrogens (tertiary/aromatic N) is 1. The fourth-order valence-corrected chi connectivity index (χ4v) is 2.60. The zero-order valence-electron chi connectivity index (χ0n) is 12.6. The minimum Gasteiger partial charge on any atom is -0.380 e. The van der Waals surface area contributed by atoms with E-state index in [-0.39, 0.29) is 18.1 Å². The molecule has 0 radical (unpaired) electrons. The summed E-state index contributed by atoms with van der Waals surface area (Å²) in [5.74, 6) is 0.141. The van der Waals surface area contributed by atoms with Crippen LogP contribution in [-0.2, 0) is 16.0 Å². The van der Waals surface area contributed by atoms with Crippen LogP contribution >= 0.6 is 0 Å². The maximum Gasteiger partial charge on any atom is 0.238 e. The second-order valence-corrected chi connectivity index (χ2v) is 5.19. The lowest BCUT2D eigenvalue weighted by molar-refractivity contribution is -0.131. The van der Waals surface area contributed by atoms with Gasteiger partial charge in [0.1, 0.15) is 6.17 Å². The summed E-state index contributed by atoms with van der Waals surface area (Å²) in [6, 6.07) is 8.55. The van der Waals surface area contributed by atoms with Gasteiger partial charge in [0.2, 0.25) is 5.91 Å². The van der Waals surface area contributed by atoms with E-state index in [1.807, 2.05) is 18.7 Å². The molecule has 1 amide bonds. The van der Waals surface area contributed by atoms with Crippen molar-refractivity contribution < 1.29 is 9.53 Å². The van der Waals surface area contributed by atoms with Crippen LogP contribution in [0.1, 0.15) is 38.1 Å². The highest BCUT2D eigenvalue weighted by Gasteiger charge is 2.34. The molecule has 20 heavy (non-hydrogen) atoms. The Morgan fingerprint density at radius 2 is 2.05 bits per heavy atom. The van der Waals surface area contributed by atoms with Gasteiger partial charge in [0, 0.05) is 6.61 Å². The van der Waals surface area contributed by atoms with Gasteiger partial charge in [-0.3, -0.25) is 10.1 Å². The molecule has 110 valence electrons. The number of benzene rings is 1. The van der Waals surface area contributed by atoms with Crippen molar-refractivity contribution in [3.63, 3.8) is 0 Å². The molecule has 0 bridgehead atoms. The number of hydrogen-bond donors (Lipinski definition) is 1. The van der Waals surface area contributed by atoms with Gasteiger partial charge in [-0.15, -0.1) is 0 Å². The van der Waals surface area contributed by atoms with E-state index < -0.39 is 0 Å². The van der Waals surface area contributed by atoms with Crippen LogP contribution in [0.15, 0.2) is 24.3 Å². The smallest absolute Gasteiger partial charge is 0.238 e. The van der Waals surface area contributed by atoms with E-state index in [0.29, 0.717) is 19.8 Å².